The van der Waals surface area contributed by atoms with E-state index in [0.29, 0.717) is 15.4 Å². The van der Waals surface area contributed by atoms with Crippen molar-refractivity contribution in [3.63, 3.8) is 0 Å². The average Bonchev–Trinajstić information content (AvgIpc) is 3.17. The molecule has 3 rings (SSSR count). The summed E-state index contributed by atoms with van der Waals surface area (Å²) in [6.07, 6.45) is 18.5. The molecule has 0 spiro atoms. The zero-order valence-corrected chi connectivity index (χ0v) is 20.5. The molecule has 1 aromatic carbocycles. The summed E-state index contributed by atoms with van der Waals surface area (Å²) in [5.41, 5.74) is 2.49. The quantitative estimate of drug-likeness (QED) is 0.296. The molecule has 2 aliphatic rings. The molecule has 22 heavy (non-hydrogen) atoms. The van der Waals surface area contributed by atoms with Gasteiger partial charge in [0.05, 0.1) is 0 Å². The maximum atomic E-state index is 3.28. The Hall–Kier alpha value is 0.173. The normalized spacial score (nSPS) is 12.4. The van der Waals surface area contributed by atoms with Gasteiger partial charge in [-0.15, -0.1) is 30.2 Å². The van der Waals surface area contributed by atoms with Crippen LogP contribution in [0.5, 0.6) is 0 Å². The molecule has 0 aliphatic heterocycles. The molecule has 0 atom stereocenters. The molecule has 4 heteroatoms. The Bertz CT molecular complexity index is 455. The van der Waals surface area contributed by atoms with Crippen molar-refractivity contribution in [1.29, 1.82) is 0 Å². The van der Waals surface area contributed by atoms with Crippen molar-refractivity contribution in [2.75, 3.05) is 0 Å². The van der Waals surface area contributed by atoms with Crippen LogP contribution >= 0.6 is 0 Å². The van der Waals surface area contributed by atoms with E-state index in [2.05, 4.69) is 66.2 Å². The topological polar surface area (TPSA) is 0 Å². The van der Waals surface area contributed by atoms with Gasteiger partial charge in [-0.05, 0) is 0 Å². The first kappa shape index (κ1) is 27.0. The predicted molar refractivity (Wildman–Crippen MR) is 87.3 cm³/mol. The van der Waals surface area contributed by atoms with E-state index in [4.69, 9.17) is 0 Å². The second kappa shape index (κ2) is 19.2. The van der Waals surface area contributed by atoms with Gasteiger partial charge in [-0.3, -0.25) is 6.08 Å². The minimum Gasteiger partial charge on any atom is -1.00 e. The smallest absolute Gasteiger partial charge is 1.00 e. The summed E-state index contributed by atoms with van der Waals surface area (Å²) < 4.78 is 0. The number of hydrogen-bond donors (Lipinski definition) is 0. The van der Waals surface area contributed by atoms with E-state index in [1.807, 2.05) is 18.2 Å². The first-order valence-electron chi connectivity index (χ1n) is 6.67. The Labute approximate surface area is 173 Å². The van der Waals surface area contributed by atoms with E-state index in [-0.39, 0.29) is 50.7 Å². The maximum Gasteiger partial charge on any atom is 4.00 e. The predicted octanol–water partition coefficient (Wildman–Crippen LogP) is -1.34. The molecule has 0 aromatic heterocycles. The molecule has 0 nitrogen and oxygen atoms in total. The molecule has 1 aromatic rings. The monoisotopic (exact) mass is 561 g/mol. The fraction of sp³-hybridized carbons (Fsp3) is 0.222. The van der Waals surface area contributed by atoms with Crippen molar-refractivity contribution in [3.8, 4) is 0 Å². The zero-order valence-electron chi connectivity index (χ0n) is 13.0. The van der Waals surface area contributed by atoms with Gasteiger partial charge in [0.25, 0.3) is 0 Å². The Morgan fingerprint density at radius 2 is 1.59 bits per heavy atom. The third-order valence-electron chi connectivity index (χ3n) is 2.37. The van der Waals surface area contributed by atoms with Crippen molar-refractivity contribution in [1.82, 2.24) is 0 Å². The molecule has 0 saturated heterocycles. The number of halogens is 2. The molecule has 0 amide bonds. The Balaban J connectivity index is -0.000000283. The second-order valence-electron chi connectivity index (χ2n) is 4.14. The molecule has 0 saturated carbocycles. The van der Waals surface area contributed by atoms with Crippen molar-refractivity contribution in [2.24, 2.45) is 0 Å². The molecule has 1 radical (unpaired) electrons. The second-order valence-corrected chi connectivity index (χ2v) is 6.57. The summed E-state index contributed by atoms with van der Waals surface area (Å²) in [7, 11) is 0. The minimum atomic E-state index is 0. The fourth-order valence-electron chi connectivity index (χ4n) is 1.56. The summed E-state index contributed by atoms with van der Waals surface area (Å²) >= 11 is 0.312. The summed E-state index contributed by atoms with van der Waals surface area (Å²) in [5, 5.41) is 0. The number of hydrogen-bond acceptors (Lipinski definition) is 0. The van der Waals surface area contributed by atoms with Crippen LogP contribution < -0.4 is 24.8 Å². The van der Waals surface area contributed by atoms with Gasteiger partial charge in [-0.1, -0.05) is 24.6 Å². The van der Waals surface area contributed by atoms with Gasteiger partial charge >= 0.3 is 52.8 Å². The van der Waals surface area contributed by atoms with E-state index in [1.165, 1.54) is 11.1 Å². The van der Waals surface area contributed by atoms with E-state index in [1.54, 1.807) is 0 Å². The number of benzene rings is 1. The Morgan fingerprint density at radius 1 is 0.955 bits per heavy atom. The molecule has 0 N–H and O–H groups in total. The van der Waals surface area contributed by atoms with Gasteiger partial charge in [0.15, 0.2) is 0 Å². The summed E-state index contributed by atoms with van der Waals surface area (Å²) in [5.74, 6) is 4.56. The van der Waals surface area contributed by atoms with Crippen molar-refractivity contribution >= 4 is 21.0 Å². The molecule has 115 valence electrons. The SMILES string of the molecule is [C-]1=C(c2ccccc2)C=CC1.[C-]1=CC=CC1.[CH3][GeH][CH3].[Cl-].[Cl-].[Hf+4]. The number of rotatable bonds is 1. The molecule has 0 fully saturated rings. The van der Waals surface area contributed by atoms with E-state index >= 15 is 0 Å². The summed E-state index contributed by atoms with van der Waals surface area (Å²) in [6, 6.07) is 10.4. The molecular weight excluding hydrogens is 538 g/mol. The van der Waals surface area contributed by atoms with E-state index < -0.39 is 0 Å². The zero-order chi connectivity index (χ0) is 13.8. The van der Waals surface area contributed by atoms with Gasteiger partial charge in [-0.25, -0.2) is 12.2 Å². The van der Waals surface area contributed by atoms with Crippen LogP contribution in [0.4, 0.5) is 0 Å². The van der Waals surface area contributed by atoms with Gasteiger partial charge in [-0.2, -0.15) is 23.8 Å². The van der Waals surface area contributed by atoms with Gasteiger partial charge in [0.2, 0.25) is 0 Å². The molecule has 2 aliphatic carbocycles. The van der Waals surface area contributed by atoms with Crippen LogP contribution in [0.2, 0.25) is 11.5 Å². The molecule has 0 heterocycles. The van der Waals surface area contributed by atoms with Crippen LogP contribution in [-0.4, -0.2) is 15.4 Å². The van der Waals surface area contributed by atoms with Crippen LogP contribution in [0.15, 0.2) is 60.7 Å². The van der Waals surface area contributed by atoms with Crippen molar-refractivity contribution < 1.29 is 50.7 Å². The maximum absolute atomic E-state index is 3.28. The van der Waals surface area contributed by atoms with Crippen LogP contribution in [0.3, 0.4) is 0 Å². The van der Waals surface area contributed by atoms with Crippen LogP contribution in [0.25, 0.3) is 5.57 Å². The summed E-state index contributed by atoms with van der Waals surface area (Å²) in [4.78, 5) is 0. The Kier molecular flexibility index (Phi) is 23.6. The minimum absolute atomic E-state index is 0. The molecule has 0 unspecified atom stereocenters. The number of allylic oxidation sites excluding steroid dienone is 8. The first-order valence-corrected chi connectivity index (χ1v) is 11.5. The van der Waals surface area contributed by atoms with Crippen LogP contribution in [0.1, 0.15) is 18.4 Å². The third-order valence-corrected chi connectivity index (χ3v) is 2.37. The van der Waals surface area contributed by atoms with Crippen molar-refractivity contribution in [3.05, 3.63) is 78.4 Å². The van der Waals surface area contributed by atoms with Crippen LogP contribution in [-0.2, 0) is 25.8 Å². The molecule has 0 bridgehead atoms. The first-order chi connectivity index (χ1) is 9.38. The molecular formula is C18H21Cl2GeHf. The van der Waals surface area contributed by atoms with Gasteiger partial charge in [0, 0.05) is 0 Å². The van der Waals surface area contributed by atoms with Gasteiger partial charge in [0.1, 0.15) is 0 Å². The average molecular weight is 559 g/mol. The van der Waals surface area contributed by atoms with E-state index in [0.717, 1.165) is 12.8 Å². The fourth-order valence-corrected chi connectivity index (χ4v) is 1.56. The van der Waals surface area contributed by atoms with Gasteiger partial charge < -0.3 is 24.8 Å². The summed E-state index contributed by atoms with van der Waals surface area (Å²) in [6.45, 7) is 0. The third kappa shape index (κ3) is 12.7. The Morgan fingerprint density at radius 3 is 1.95 bits per heavy atom. The van der Waals surface area contributed by atoms with Crippen molar-refractivity contribution in [2.45, 2.75) is 24.4 Å². The van der Waals surface area contributed by atoms with E-state index in [9.17, 15) is 0 Å². The largest absolute Gasteiger partial charge is 4.00 e. The van der Waals surface area contributed by atoms with Crippen LogP contribution in [0, 0.1) is 12.2 Å². The standard InChI is InChI=1S/C11H9.C5H5.C2H7Ge.2ClH.Hf/c1-2-6-10(7-3-1)11-8-4-5-9-11;1-2-4-5-3-1;1-3-2;;;/h1-4,6-8H,5H2;1-3H,4H2;3H,1-2H3;2*1H;/q2*-1;;;;+4/p-2.